The predicted molar refractivity (Wildman–Crippen MR) is 214 cm³/mol. The SMILES string of the molecule is CC[C@H](C)[C@H](NC(=O)CCCCCNC)C(=O)N(COC(=O)CC(C)C)[C@H](CC(O)c1nc(C(=O)N[C@@H](Cc2ccccc2)C[C@H](C)C(=O)O)cs1)C(C)C. The van der Waals surface area contributed by atoms with E-state index in [1.165, 1.54) is 4.90 Å². The summed E-state index contributed by atoms with van der Waals surface area (Å²) < 4.78 is 5.65. The molecule has 2 rings (SSSR count). The standard InChI is InChI=1S/C41H65N5O8S/c1-9-28(6)37(45-35(48)18-14-11-15-19-42-8)40(51)46(25-54-36(49)20-26(2)3)33(27(4)5)23-34(47)39-44-32(24-55-39)38(50)43-31(21-29(7)41(52)53)22-30-16-12-10-13-17-30/h10,12-13,16-17,24,26-29,31,33-34,37,42,47H,9,11,14-15,18-23,25H2,1-8H3,(H,43,50)(H,45,48)(H,52,53)/t28-,29-,31+,33+,34?,37-/m0/s1. The summed E-state index contributed by atoms with van der Waals surface area (Å²) in [6.07, 6.45) is 3.06. The number of carboxylic acids is 1. The molecular formula is C41H65N5O8S. The van der Waals surface area contributed by atoms with Gasteiger partial charge in [-0.2, -0.15) is 0 Å². The van der Waals surface area contributed by atoms with Crippen molar-refractivity contribution in [1.82, 2.24) is 25.8 Å². The van der Waals surface area contributed by atoms with Gasteiger partial charge in [0.25, 0.3) is 5.91 Å². The summed E-state index contributed by atoms with van der Waals surface area (Å²) >= 11 is 1.10. The topological polar surface area (TPSA) is 187 Å². The fraction of sp³-hybridized carbons (Fsp3) is 0.659. The first-order chi connectivity index (χ1) is 26.1. The molecule has 6 atom stereocenters. The first kappa shape index (κ1) is 47.3. The molecule has 0 spiro atoms. The number of aromatic nitrogens is 1. The second-order valence-corrected chi connectivity index (χ2v) is 16.3. The van der Waals surface area contributed by atoms with Crippen molar-refractivity contribution >= 4 is 41.0 Å². The number of esters is 1. The lowest BCUT2D eigenvalue weighted by Crippen LogP contribution is -2.56. The first-order valence-corrected chi connectivity index (χ1v) is 20.6. The average Bonchev–Trinajstić information content (AvgIpc) is 3.64. The average molecular weight is 788 g/mol. The van der Waals surface area contributed by atoms with Gasteiger partial charge < -0.3 is 35.8 Å². The predicted octanol–water partition coefficient (Wildman–Crippen LogP) is 5.73. The Kier molecular flexibility index (Phi) is 21.1. The third-order valence-electron chi connectivity index (χ3n) is 9.74. The van der Waals surface area contributed by atoms with Crippen molar-refractivity contribution in [3.8, 4) is 0 Å². The number of benzene rings is 1. The van der Waals surface area contributed by atoms with Crippen LogP contribution in [0.3, 0.4) is 0 Å². The monoisotopic (exact) mass is 787 g/mol. The summed E-state index contributed by atoms with van der Waals surface area (Å²) in [5.41, 5.74) is 1.03. The molecule has 0 fully saturated rings. The number of hydrogen-bond acceptors (Lipinski definition) is 10. The number of unbranched alkanes of at least 4 members (excludes halogenated alkanes) is 2. The minimum Gasteiger partial charge on any atom is -0.481 e. The second-order valence-electron chi connectivity index (χ2n) is 15.4. The molecule has 0 aliphatic heterocycles. The molecule has 308 valence electrons. The molecule has 55 heavy (non-hydrogen) atoms. The Morgan fingerprint density at radius 3 is 2.24 bits per heavy atom. The number of aliphatic carboxylic acids is 1. The number of carbonyl (C=O) groups excluding carboxylic acids is 4. The molecule has 1 unspecified atom stereocenters. The van der Waals surface area contributed by atoms with E-state index in [1.54, 1.807) is 12.3 Å². The summed E-state index contributed by atoms with van der Waals surface area (Å²) in [5.74, 6) is -3.61. The van der Waals surface area contributed by atoms with Gasteiger partial charge in [0.05, 0.1) is 5.92 Å². The molecule has 1 aromatic heterocycles. The van der Waals surface area contributed by atoms with Crippen molar-refractivity contribution in [3.05, 3.63) is 52.0 Å². The summed E-state index contributed by atoms with van der Waals surface area (Å²) in [5, 5.41) is 31.9. The number of nitrogens with one attached hydrogen (secondary N) is 3. The third-order valence-corrected chi connectivity index (χ3v) is 10.7. The summed E-state index contributed by atoms with van der Waals surface area (Å²) in [6, 6.07) is 7.50. The van der Waals surface area contributed by atoms with Gasteiger partial charge in [0.2, 0.25) is 11.8 Å². The highest BCUT2D eigenvalue weighted by Crippen LogP contribution is 2.29. The van der Waals surface area contributed by atoms with E-state index < -0.39 is 53.9 Å². The van der Waals surface area contributed by atoms with Gasteiger partial charge in [-0.05, 0) is 62.6 Å². The van der Waals surface area contributed by atoms with Crippen LogP contribution >= 0.6 is 11.3 Å². The van der Waals surface area contributed by atoms with Crippen LogP contribution in [0.2, 0.25) is 0 Å². The van der Waals surface area contributed by atoms with Crippen LogP contribution in [0.15, 0.2) is 35.7 Å². The van der Waals surface area contributed by atoms with Gasteiger partial charge in [0.1, 0.15) is 22.8 Å². The molecule has 0 radical (unpaired) electrons. The van der Waals surface area contributed by atoms with Gasteiger partial charge in [-0.3, -0.25) is 24.0 Å². The van der Waals surface area contributed by atoms with Crippen LogP contribution in [0.4, 0.5) is 0 Å². The number of aliphatic hydroxyl groups excluding tert-OH is 1. The molecule has 2 aromatic rings. The van der Waals surface area contributed by atoms with Gasteiger partial charge in [0.15, 0.2) is 6.73 Å². The molecule has 0 saturated heterocycles. The van der Waals surface area contributed by atoms with E-state index in [1.807, 2.05) is 78.9 Å². The second kappa shape index (κ2) is 24.6. The number of ether oxygens (including phenoxy) is 1. The largest absolute Gasteiger partial charge is 0.481 e. The normalized spacial score (nSPS) is 14.7. The molecule has 0 aliphatic carbocycles. The number of hydrogen-bond donors (Lipinski definition) is 5. The van der Waals surface area contributed by atoms with E-state index >= 15 is 0 Å². The Morgan fingerprint density at radius 1 is 0.945 bits per heavy atom. The van der Waals surface area contributed by atoms with Crippen molar-refractivity contribution in [2.45, 2.75) is 130 Å². The van der Waals surface area contributed by atoms with Crippen molar-refractivity contribution in [3.63, 3.8) is 0 Å². The van der Waals surface area contributed by atoms with Gasteiger partial charge in [-0.25, -0.2) is 4.98 Å². The minimum absolute atomic E-state index is 0.0269. The molecule has 3 amide bonds. The Bertz CT molecular complexity index is 1490. The molecule has 1 heterocycles. The van der Waals surface area contributed by atoms with Crippen molar-refractivity contribution < 1.29 is 38.9 Å². The number of carbonyl (C=O) groups is 5. The van der Waals surface area contributed by atoms with Crippen LogP contribution in [-0.2, 0) is 30.3 Å². The number of rotatable bonds is 26. The van der Waals surface area contributed by atoms with E-state index in [0.717, 1.165) is 36.3 Å². The van der Waals surface area contributed by atoms with Crippen molar-refractivity contribution in [2.24, 2.45) is 23.7 Å². The van der Waals surface area contributed by atoms with Gasteiger partial charge in [-0.15, -0.1) is 11.3 Å². The number of nitrogens with zero attached hydrogens (tertiary/aromatic N) is 2. The fourth-order valence-corrected chi connectivity index (χ4v) is 7.04. The van der Waals surface area contributed by atoms with Crippen LogP contribution in [0.1, 0.15) is 127 Å². The lowest BCUT2D eigenvalue weighted by molar-refractivity contribution is -0.159. The van der Waals surface area contributed by atoms with E-state index in [0.29, 0.717) is 19.3 Å². The highest BCUT2D eigenvalue weighted by atomic mass is 32.1. The molecule has 0 saturated carbocycles. The Balaban J connectivity index is 2.32. The third kappa shape index (κ3) is 16.8. The maximum Gasteiger partial charge on any atom is 0.307 e. The number of amides is 3. The molecule has 13 nitrogen and oxygen atoms in total. The van der Waals surface area contributed by atoms with Gasteiger partial charge in [0, 0.05) is 36.7 Å². The van der Waals surface area contributed by atoms with E-state index in [9.17, 15) is 34.2 Å². The summed E-state index contributed by atoms with van der Waals surface area (Å²) in [4.78, 5) is 71.3. The quantitative estimate of drug-likeness (QED) is 0.0448. The smallest absolute Gasteiger partial charge is 0.307 e. The Hall–Kier alpha value is -3.88. The van der Waals surface area contributed by atoms with Crippen LogP contribution in [-0.4, -0.2) is 88.2 Å². The highest BCUT2D eigenvalue weighted by molar-refractivity contribution is 7.09. The highest BCUT2D eigenvalue weighted by Gasteiger charge is 2.37. The fourth-order valence-electron chi connectivity index (χ4n) is 6.24. The molecular weight excluding hydrogens is 723 g/mol. The van der Waals surface area contributed by atoms with Crippen LogP contribution in [0, 0.1) is 23.7 Å². The molecule has 0 aliphatic rings. The van der Waals surface area contributed by atoms with Gasteiger partial charge >= 0.3 is 11.9 Å². The van der Waals surface area contributed by atoms with Crippen LogP contribution < -0.4 is 16.0 Å². The molecule has 0 bridgehead atoms. The molecule has 1 aromatic carbocycles. The zero-order valence-corrected chi connectivity index (χ0v) is 34.8. The minimum atomic E-state index is -1.18. The van der Waals surface area contributed by atoms with E-state index in [4.69, 9.17) is 4.74 Å². The molecule has 14 heteroatoms. The zero-order valence-electron chi connectivity index (χ0n) is 34.0. The van der Waals surface area contributed by atoms with Crippen molar-refractivity contribution in [1.29, 1.82) is 0 Å². The number of thiazole rings is 1. The van der Waals surface area contributed by atoms with Crippen LogP contribution in [0.25, 0.3) is 0 Å². The zero-order chi connectivity index (χ0) is 41.1. The summed E-state index contributed by atoms with van der Waals surface area (Å²) in [7, 11) is 1.88. The number of aliphatic hydroxyl groups is 1. The lowest BCUT2D eigenvalue weighted by atomic mass is 9.93. The van der Waals surface area contributed by atoms with E-state index in [-0.39, 0.29) is 66.8 Å². The maximum absolute atomic E-state index is 14.5. The lowest BCUT2D eigenvalue weighted by Gasteiger charge is -2.38. The van der Waals surface area contributed by atoms with Crippen LogP contribution in [0.5, 0.6) is 0 Å². The number of carboxylic acid groups (broad SMARTS) is 1. The molecule has 5 N–H and O–H groups in total. The van der Waals surface area contributed by atoms with Gasteiger partial charge in [-0.1, -0.05) is 91.6 Å². The van der Waals surface area contributed by atoms with Crippen molar-refractivity contribution in [2.75, 3.05) is 20.3 Å². The Morgan fingerprint density at radius 2 is 1.64 bits per heavy atom. The summed E-state index contributed by atoms with van der Waals surface area (Å²) in [6.45, 7) is 13.5. The Labute approximate surface area is 331 Å². The van der Waals surface area contributed by atoms with E-state index in [2.05, 4.69) is 20.9 Å². The first-order valence-electron chi connectivity index (χ1n) is 19.7. The maximum atomic E-state index is 14.5.